The van der Waals surface area contributed by atoms with Gasteiger partial charge in [0, 0.05) is 46.7 Å². The van der Waals surface area contributed by atoms with Gasteiger partial charge in [0.2, 0.25) is 0 Å². The molecule has 2 aromatic carbocycles. The average Bonchev–Trinajstić information content (AvgIpc) is 3.28. The minimum atomic E-state index is -0.00882. The number of nitrogens with zero attached hydrogens (tertiary/aromatic N) is 2. The van der Waals surface area contributed by atoms with Crippen LogP contribution in [-0.4, -0.2) is 42.0 Å². The van der Waals surface area contributed by atoms with Crippen LogP contribution in [0, 0.1) is 0 Å². The van der Waals surface area contributed by atoms with Gasteiger partial charge in [-0.2, -0.15) is 0 Å². The van der Waals surface area contributed by atoms with Crippen LogP contribution in [0.3, 0.4) is 0 Å². The van der Waals surface area contributed by atoms with Gasteiger partial charge in [-0.25, -0.2) is 0 Å². The fraction of sp³-hybridized carbons (Fsp3) is 0.310. The second-order valence-corrected chi connectivity index (χ2v) is 10.7. The van der Waals surface area contributed by atoms with Crippen molar-refractivity contribution in [3.05, 3.63) is 82.5 Å². The molecule has 36 heavy (non-hydrogen) atoms. The van der Waals surface area contributed by atoms with Gasteiger partial charge >= 0.3 is 0 Å². The molecule has 186 valence electrons. The molecule has 0 saturated heterocycles. The fourth-order valence-electron chi connectivity index (χ4n) is 5.13. The minimum absolute atomic E-state index is 0.00882. The first-order valence-corrected chi connectivity index (χ1v) is 13.5. The summed E-state index contributed by atoms with van der Waals surface area (Å²) in [6.45, 7) is 0.459. The van der Waals surface area contributed by atoms with Crippen LogP contribution >= 0.6 is 22.9 Å². The average molecular weight is 520 g/mol. The van der Waals surface area contributed by atoms with Gasteiger partial charge in [0.1, 0.15) is 10.6 Å². The van der Waals surface area contributed by atoms with E-state index in [1.54, 1.807) is 19.5 Å². The first-order valence-electron chi connectivity index (χ1n) is 12.3. The third kappa shape index (κ3) is 4.99. The molecule has 0 atom stereocenters. The Kier molecular flexibility index (Phi) is 7.56. The Hall–Kier alpha value is -2.93. The Morgan fingerprint density at radius 3 is 2.53 bits per heavy atom. The number of amides is 1. The second kappa shape index (κ2) is 11.0. The Morgan fingerprint density at radius 2 is 1.83 bits per heavy atom. The van der Waals surface area contributed by atoms with E-state index in [4.69, 9.17) is 16.3 Å². The number of aromatic nitrogens is 1. The zero-order chi connectivity index (χ0) is 25.1. The number of nitrogens with one attached hydrogen (secondary N) is 1. The van der Waals surface area contributed by atoms with Crippen molar-refractivity contribution in [2.45, 2.75) is 44.3 Å². The highest BCUT2D eigenvalue weighted by molar-refractivity contribution is 7.21. The fourth-order valence-corrected chi connectivity index (χ4v) is 6.60. The van der Waals surface area contributed by atoms with Gasteiger partial charge in [-0.1, -0.05) is 35.9 Å². The number of pyridine rings is 1. The third-order valence-corrected chi connectivity index (χ3v) is 8.83. The number of fused-ring (bicyclic) bond motifs is 1. The lowest BCUT2D eigenvalue weighted by molar-refractivity contribution is 0.0604. The molecule has 2 aromatic heterocycles. The molecule has 5 nitrogen and oxygen atoms in total. The SMILES string of the molecule is CNC1CCC(N(Cc2cc(-c3ccncc3)ccc2OC)C(=O)c2sc3ccccc3c2Cl)CC1. The second-order valence-electron chi connectivity index (χ2n) is 9.23. The van der Waals surface area contributed by atoms with Crippen LogP contribution in [-0.2, 0) is 6.54 Å². The standard InChI is InChI=1S/C29H30ClN3O2S/c1-31-22-8-10-23(11-9-22)33(29(34)28-27(30)24-5-3-4-6-26(24)36-28)18-21-17-20(7-12-25(21)35-2)19-13-15-32-16-14-19/h3-7,12-17,22-23,31H,8-11,18H2,1-2H3. The van der Waals surface area contributed by atoms with Crippen molar-refractivity contribution in [3.63, 3.8) is 0 Å². The molecule has 0 bridgehead atoms. The summed E-state index contributed by atoms with van der Waals surface area (Å²) in [5.41, 5.74) is 3.13. The number of carbonyl (C=O) groups excluding carboxylic acids is 1. The quantitative estimate of drug-likeness (QED) is 0.292. The number of ether oxygens (including phenoxy) is 1. The predicted molar refractivity (Wildman–Crippen MR) is 148 cm³/mol. The molecule has 0 spiro atoms. The summed E-state index contributed by atoms with van der Waals surface area (Å²) in [4.78, 5) is 20.9. The van der Waals surface area contributed by atoms with Gasteiger partial charge in [-0.15, -0.1) is 11.3 Å². The summed E-state index contributed by atoms with van der Waals surface area (Å²) in [7, 11) is 3.69. The summed E-state index contributed by atoms with van der Waals surface area (Å²) < 4.78 is 6.76. The normalized spacial score (nSPS) is 17.8. The van der Waals surface area contributed by atoms with Crippen molar-refractivity contribution >= 4 is 38.9 Å². The van der Waals surface area contributed by atoms with Gasteiger partial charge in [0.05, 0.1) is 12.1 Å². The maximum absolute atomic E-state index is 14.1. The zero-order valence-electron chi connectivity index (χ0n) is 20.5. The number of benzene rings is 2. The van der Waals surface area contributed by atoms with Crippen LogP contribution in [0.25, 0.3) is 21.2 Å². The number of methoxy groups -OCH3 is 1. The molecule has 4 aromatic rings. The molecule has 0 radical (unpaired) electrons. The summed E-state index contributed by atoms with van der Waals surface area (Å²) in [6, 6.07) is 18.7. The Bertz CT molecular complexity index is 1350. The van der Waals surface area contributed by atoms with Crippen molar-refractivity contribution < 1.29 is 9.53 Å². The molecule has 5 rings (SSSR count). The highest BCUT2D eigenvalue weighted by atomic mass is 35.5. The highest BCUT2D eigenvalue weighted by Gasteiger charge is 2.32. The lowest BCUT2D eigenvalue weighted by Gasteiger charge is -2.37. The minimum Gasteiger partial charge on any atom is -0.496 e. The molecule has 0 aliphatic heterocycles. The molecule has 1 aliphatic rings. The highest BCUT2D eigenvalue weighted by Crippen LogP contribution is 2.38. The van der Waals surface area contributed by atoms with Crippen LogP contribution < -0.4 is 10.1 Å². The molecule has 1 amide bonds. The van der Waals surface area contributed by atoms with Crippen molar-refractivity contribution in [2.24, 2.45) is 0 Å². The van der Waals surface area contributed by atoms with Crippen LogP contribution in [0.4, 0.5) is 0 Å². The summed E-state index contributed by atoms with van der Waals surface area (Å²) in [6.07, 6.45) is 7.56. The van der Waals surface area contributed by atoms with E-state index in [0.29, 0.717) is 22.5 Å². The van der Waals surface area contributed by atoms with E-state index < -0.39 is 0 Å². The molecule has 1 fully saturated rings. The van der Waals surface area contributed by atoms with Gasteiger partial charge in [0.25, 0.3) is 5.91 Å². The number of halogens is 1. The molecule has 1 saturated carbocycles. The lowest BCUT2D eigenvalue weighted by Crippen LogP contribution is -2.44. The smallest absolute Gasteiger partial charge is 0.266 e. The molecule has 1 aliphatic carbocycles. The van der Waals surface area contributed by atoms with Crippen LogP contribution in [0.2, 0.25) is 5.02 Å². The largest absolute Gasteiger partial charge is 0.496 e. The van der Waals surface area contributed by atoms with Crippen LogP contribution in [0.5, 0.6) is 5.75 Å². The number of hydrogen-bond donors (Lipinski definition) is 1. The van der Waals surface area contributed by atoms with Crippen LogP contribution in [0.1, 0.15) is 40.9 Å². The maximum Gasteiger partial charge on any atom is 0.266 e. The summed E-state index contributed by atoms with van der Waals surface area (Å²) in [5, 5.41) is 4.88. The monoisotopic (exact) mass is 519 g/mol. The van der Waals surface area contributed by atoms with E-state index in [9.17, 15) is 4.79 Å². The van der Waals surface area contributed by atoms with Crippen molar-refractivity contribution in [3.8, 4) is 16.9 Å². The molecule has 1 N–H and O–H groups in total. The van der Waals surface area contributed by atoms with Gasteiger partial charge in [0.15, 0.2) is 0 Å². The number of rotatable bonds is 7. The Labute approximate surface area is 221 Å². The first kappa shape index (κ1) is 24.8. The lowest BCUT2D eigenvalue weighted by atomic mass is 9.89. The van der Waals surface area contributed by atoms with Crippen molar-refractivity contribution in [1.82, 2.24) is 15.2 Å². The number of thiophene rings is 1. The topological polar surface area (TPSA) is 54.5 Å². The summed E-state index contributed by atoms with van der Waals surface area (Å²) in [5.74, 6) is 0.766. The van der Waals surface area contributed by atoms with E-state index in [2.05, 4.69) is 16.4 Å². The molecule has 0 unspecified atom stereocenters. The van der Waals surface area contributed by atoms with E-state index in [-0.39, 0.29) is 11.9 Å². The van der Waals surface area contributed by atoms with E-state index >= 15 is 0 Å². The zero-order valence-corrected chi connectivity index (χ0v) is 22.1. The van der Waals surface area contributed by atoms with Gasteiger partial charge < -0.3 is 15.0 Å². The first-order chi connectivity index (χ1) is 17.6. The number of hydrogen-bond acceptors (Lipinski definition) is 5. The molecular weight excluding hydrogens is 490 g/mol. The number of carbonyl (C=O) groups is 1. The van der Waals surface area contributed by atoms with Crippen molar-refractivity contribution in [1.29, 1.82) is 0 Å². The molecular formula is C29H30ClN3O2S. The Balaban J connectivity index is 1.53. The third-order valence-electron chi connectivity index (χ3n) is 7.17. The Morgan fingerprint density at radius 1 is 1.08 bits per heavy atom. The molecule has 7 heteroatoms. The van der Waals surface area contributed by atoms with Crippen LogP contribution in [0.15, 0.2) is 67.0 Å². The van der Waals surface area contributed by atoms with E-state index in [1.165, 1.54) is 11.3 Å². The van der Waals surface area contributed by atoms with E-state index in [0.717, 1.165) is 58.2 Å². The maximum atomic E-state index is 14.1. The van der Waals surface area contributed by atoms with Crippen molar-refractivity contribution in [2.75, 3.05) is 14.2 Å². The summed E-state index contributed by atoms with van der Waals surface area (Å²) >= 11 is 8.25. The predicted octanol–water partition coefficient (Wildman–Crippen LogP) is 6.80. The van der Waals surface area contributed by atoms with E-state index in [1.807, 2.05) is 60.5 Å². The van der Waals surface area contributed by atoms with Gasteiger partial charge in [-0.05, 0) is 74.2 Å². The molecule has 2 heterocycles. The van der Waals surface area contributed by atoms with Gasteiger partial charge in [-0.3, -0.25) is 9.78 Å².